The molecule has 0 unspecified atom stereocenters. The topological polar surface area (TPSA) is 81.4 Å². The summed E-state index contributed by atoms with van der Waals surface area (Å²) in [5.41, 5.74) is 5.26. The molecule has 1 aromatic heterocycles. The van der Waals surface area contributed by atoms with Gasteiger partial charge in [0, 0.05) is 16.3 Å². The zero-order valence-corrected chi connectivity index (χ0v) is 19.3. The van der Waals surface area contributed by atoms with Gasteiger partial charge in [-0.1, -0.05) is 66.2 Å². The Labute approximate surface area is 200 Å². The third-order valence-corrected chi connectivity index (χ3v) is 5.56. The van der Waals surface area contributed by atoms with E-state index in [1.54, 1.807) is 31.2 Å². The molecule has 0 aliphatic heterocycles. The van der Waals surface area contributed by atoms with Crippen molar-refractivity contribution in [2.75, 3.05) is 12.0 Å². The highest BCUT2D eigenvalue weighted by Crippen LogP contribution is 2.29. The van der Waals surface area contributed by atoms with E-state index in [1.165, 1.54) is 0 Å². The Bertz CT molecular complexity index is 1260. The summed E-state index contributed by atoms with van der Waals surface area (Å²) in [5, 5.41) is 14.1. The van der Waals surface area contributed by atoms with Gasteiger partial charge >= 0.3 is 5.97 Å². The Morgan fingerprint density at radius 3 is 2.45 bits per heavy atom. The third kappa shape index (κ3) is 5.60. The number of nitrogens with zero attached hydrogens (tertiary/aromatic N) is 4. The first-order chi connectivity index (χ1) is 16.2. The number of nitrogens with one attached hydrogen (secondary N) is 1. The smallest absolute Gasteiger partial charge is 0.365 e. The van der Waals surface area contributed by atoms with E-state index >= 15 is 0 Å². The lowest BCUT2D eigenvalue weighted by Gasteiger charge is -2.11. The summed E-state index contributed by atoms with van der Waals surface area (Å²) >= 11 is 7.11. The first kappa shape index (κ1) is 22.6. The summed E-state index contributed by atoms with van der Waals surface area (Å²) < 4.78 is 7.09. The van der Waals surface area contributed by atoms with Crippen LogP contribution in [-0.2, 0) is 9.53 Å². The highest BCUT2D eigenvalue weighted by molar-refractivity contribution is 8.15. The minimum absolute atomic E-state index is 0.0843. The molecule has 0 saturated heterocycles. The Morgan fingerprint density at radius 1 is 1.03 bits per heavy atom. The molecule has 0 spiro atoms. The number of aromatic nitrogens is 3. The molecule has 1 N–H and O–H groups in total. The van der Waals surface area contributed by atoms with Crippen molar-refractivity contribution in [2.45, 2.75) is 12.1 Å². The number of para-hydroxylation sites is 1. The summed E-state index contributed by atoms with van der Waals surface area (Å²) in [7, 11) is 0. The van der Waals surface area contributed by atoms with Crippen molar-refractivity contribution in [1.82, 2.24) is 14.8 Å². The molecule has 0 aliphatic carbocycles. The quantitative estimate of drug-likeness (QED) is 0.127. The third-order valence-electron chi connectivity index (χ3n) is 4.43. The van der Waals surface area contributed by atoms with Crippen LogP contribution in [0.3, 0.4) is 0 Å². The molecular weight excluding hydrogens is 458 g/mol. The number of esters is 1. The molecule has 0 aliphatic rings. The maximum atomic E-state index is 12.7. The number of carbonyl (C=O) groups is 1. The summed E-state index contributed by atoms with van der Waals surface area (Å²) in [4.78, 5) is 12.7. The predicted octanol–water partition coefficient (Wildman–Crippen LogP) is 5.67. The lowest BCUT2D eigenvalue weighted by Crippen LogP contribution is -2.17. The molecule has 1 heterocycles. The normalized spacial score (nSPS) is 11.3. The van der Waals surface area contributed by atoms with Crippen LogP contribution in [0.2, 0.25) is 5.02 Å². The zero-order chi connectivity index (χ0) is 23.0. The van der Waals surface area contributed by atoms with Crippen LogP contribution in [0.15, 0.2) is 95.2 Å². The molecule has 0 bridgehead atoms. The van der Waals surface area contributed by atoms with Crippen LogP contribution >= 0.6 is 23.4 Å². The van der Waals surface area contributed by atoms with Crippen molar-refractivity contribution in [3.8, 4) is 17.1 Å². The van der Waals surface area contributed by atoms with Crippen LogP contribution in [0.25, 0.3) is 17.1 Å². The van der Waals surface area contributed by atoms with Crippen molar-refractivity contribution >= 4 is 40.1 Å². The van der Waals surface area contributed by atoms with Crippen LogP contribution in [0, 0.1) is 0 Å². The molecule has 0 amide bonds. The second kappa shape index (κ2) is 10.8. The highest BCUT2D eigenvalue weighted by atomic mass is 35.5. The van der Waals surface area contributed by atoms with Gasteiger partial charge < -0.3 is 4.74 Å². The van der Waals surface area contributed by atoms with E-state index in [-0.39, 0.29) is 11.7 Å². The largest absolute Gasteiger partial charge is 0.461 e. The summed E-state index contributed by atoms with van der Waals surface area (Å²) in [6.45, 7) is 1.96. The number of hydrogen-bond donors (Lipinski definition) is 1. The second-order valence-electron chi connectivity index (χ2n) is 6.70. The summed E-state index contributed by atoms with van der Waals surface area (Å²) in [6, 6.07) is 26.5. The van der Waals surface area contributed by atoms with E-state index in [2.05, 4.69) is 20.7 Å². The molecule has 4 rings (SSSR count). The number of thioether (sulfide) groups is 1. The summed E-state index contributed by atoms with van der Waals surface area (Å²) in [6.07, 6.45) is 0. The van der Waals surface area contributed by atoms with Crippen LogP contribution in [0.1, 0.15) is 6.92 Å². The number of anilines is 1. The van der Waals surface area contributed by atoms with E-state index in [1.807, 2.05) is 65.2 Å². The fourth-order valence-corrected chi connectivity index (χ4v) is 3.94. The van der Waals surface area contributed by atoms with Gasteiger partial charge in [0.25, 0.3) is 0 Å². The molecule has 4 aromatic rings. The monoisotopic (exact) mass is 477 g/mol. The van der Waals surface area contributed by atoms with Crippen molar-refractivity contribution in [3.05, 3.63) is 90.0 Å². The lowest BCUT2D eigenvalue weighted by atomic mass is 10.2. The van der Waals surface area contributed by atoms with Gasteiger partial charge in [0.1, 0.15) is 0 Å². The van der Waals surface area contributed by atoms with Gasteiger partial charge in [-0.2, -0.15) is 5.10 Å². The molecule has 0 atom stereocenters. The van der Waals surface area contributed by atoms with Gasteiger partial charge in [-0.25, -0.2) is 4.79 Å². The van der Waals surface area contributed by atoms with Gasteiger partial charge in [0.05, 0.1) is 12.3 Å². The van der Waals surface area contributed by atoms with E-state index in [0.29, 0.717) is 21.7 Å². The SMILES string of the molecule is CCOC(=O)/C(=N\Nc1cccc(Cl)c1)Sc1nnc(-c2ccccc2)n1-c1ccccc1. The van der Waals surface area contributed by atoms with Crippen molar-refractivity contribution in [1.29, 1.82) is 0 Å². The van der Waals surface area contributed by atoms with Crippen LogP contribution < -0.4 is 5.43 Å². The first-order valence-electron chi connectivity index (χ1n) is 10.2. The fraction of sp³-hybridized carbons (Fsp3) is 0.0833. The van der Waals surface area contributed by atoms with E-state index in [4.69, 9.17) is 16.3 Å². The second-order valence-corrected chi connectivity index (χ2v) is 8.10. The number of ether oxygens (including phenoxy) is 1. The molecule has 166 valence electrons. The predicted molar refractivity (Wildman–Crippen MR) is 132 cm³/mol. The Balaban J connectivity index is 1.73. The van der Waals surface area contributed by atoms with Gasteiger partial charge in [-0.05, 0) is 49.0 Å². The molecule has 9 heteroatoms. The van der Waals surface area contributed by atoms with Gasteiger partial charge in [-0.15, -0.1) is 10.2 Å². The first-order valence-corrected chi connectivity index (χ1v) is 11.4. The Hall–Kier alpha value is -3.62. The van der Waals surface area contributed by atoms with Gasteiger partial charge in [0.2, 0.25) is 10.2 Å². The molecule has 7 nitrogen and oxygen atoms in total. The fourth-order valence-electron chi connectivity index (χ4n) is 2.98. The number of benzene rings is 3. The number of carbonyl (C=O) groups excluding carboxylic acids is 1. The Kier molecular flexibility index (Phi) is 7.39. The Morgan fingerprint density at radius 2 is 1.76 bits per heavy atom. The van der Waals surface area contributed by atoms with Crippen LogP contribution in [0.5, 0.6) is 0 Å². The van der Waals surface area contributed by atoms with E-state index in [9.17, 15) is 4.79 Å². The maximum Gasteiger partial charge on any atom is 0.365 e. The number of halogens is 1. The molecule has 0 saturated carbocycles. The zero-order valence-electron chi connectivity index (χ0n) is 17.7. The van der Waals surface area contributed by atoms with E-state index < -0.39 is 5.97 Å². The highest BCUT2D eigenvalue weighted by Gasteiger charge is 2.22. The molecular formula is C24H20ClN5O2S. The van der Waals surface area contributed by atoms with Crippen molar-refractivity contribution < 1.29 is 9.53 Å². The van der Waals surface area contributed by atoms with Gasteiger partial charge in [0.15, 0.2) is 5.82 Å². The minimum Gasteiger partial charge on any atom is -0.461 e. The van der Waals surface area contributed by atoms with E-state index in [0.717, 1.165) is 23.0 Å². The van der Waals surface area contributed by atoms with Crippen molar-refractivity contribution in [2.24, 2.45) is 5.10 Å². The number of hydrazone groups is 1. The standard InChI is InChI=1S/C24H20ClN5O2S/c1-2-32-23(31)22(28-26-19-13-9-12-18(25)16-19)33-24-29-27-21(17-10-5-3-6-11-17)30(24)20-14-7-4-8-15-20/h3-16,26H,2H2,1H3/b28-22+. The molecule has 0 radical (unpaired) electrons. The number of rotatable bonds is 6. The maximum absolute atomic E-state index is 12.7. The van der Waals surface area contributed by atoms with Crippen molar-refractivity contribution in [3.63, 3.8) is 0 Å². The lowest BCUT2D eigenvalue weighted by molar-refractivity contribution is -0.134. The van der Waals surface area contributed by atoms with Crippen LogP contribution in [-0.4, -0.2) is 32.4 Å². The number of hydrogen-bond acceptors (Lipinski definition) is 7. The minimum atomic E-state index is -0.569. The molecule has 33 heavy (non-hydrogen) atoms. The average molecular weight is 478 g/mol. The van der Waals surface area contributed by atoms with Crippen LogP contribution in [0.4, 0.5) is 5.69 Å². The molecule has 0 fully saturated rings. The van der Waals surface area contributed by atoms with Gasteiger partial charge in [-0.3, -0.25) is 9.99 Å². The average Bonchev–Trinajstić information content (AvgIpc) is 3.26. The molecule has 3 aromatic carbocycles. The summed E-state index contributed by atoms with van der Waals surface area (Å²) in [5.74, 6) is 0.0798.